The van der Waals surface area contributed by atoms with Crippen molar-refractivity contribution in [1.82, 2.24) is 4.90 Å². The van der Waals surface area contributed by atoms with Gasteiger partial charge in [0.05, 0.1) is 24.5 Å². The summed E-state index contributed by atoms with van der Waals surface area (Å²) >= 11 is 0. The molecule has 1 aliphatic carbocycles. The van der Waals surface area contributed by atoms with Crippen molar-refractivity contribution in [3.05, 3.63) is 53.0 Å². The van der Waals surface area contributed by atoms with Gasteiger partial charge in [0.1, 0.15) is 11.5 Å². The number of carbonyl (C=O) groups is 1. The van der Waals surface area contributed by atoms with E-state index in [0.29, 0.717) is 6.61 Å². The van der Waals surface area contributed by atoms with Crippen molar-refractivity contribution >= 4 is 5.91 Å². The molecule has 0 radical (unpaired) electrons. The summed E-state index contributed by atoms with van der Waals surface area (Å²) in [5, 5.41) is 0. The number of nitrogens with zero attached hydrogens (tertiary/aromatic N) is 1. The van der Waals surface area contributed by atoms with Crippen LogP contribution in [0.2, 0.25) is 0 Å². The second-order valence-electron chi connectivity index (χ2n) is 7.82. The Hall–Kier alpha value is -2.23. The monoisotopic (exact) mass is 337 g/mol. The van der Waals surface area contributed by atoms with E-state index < -0.39 is 0 Å². The fraction of sp³-hybridized carbons (Fsp3) is 0.476. The standard InChI is InChI=1S/C21H23NO3/c1-14-11-15-6-10-25-18(15)16(12-14)20(23)22-13-21(7-2-3-8-21)19(22)17-5-4-9-24-17/h4-5,9,11-12,19H,2-3,6-8,10,13H2,1H3. The van der Waals surface area contributed by atoms with Gasteiger partial charge in [-0.15, -0.1) is 0 Å². The van der Waals surface area contributed by atoms with Gasteiger partial charge in [-0.25, -0.2) is 0 Å². The van der Waals surface area contributed by atoms with Crippen LogP contribution in [-0.2, 0) is 6.42 Å². The Balaban J connectivity index is 1.52. The highest BCUT2D eigenvalue weighted by molar-refractivity contribution is 5.98. The molecule has 2 aromatic rings. The molecular weight excluding hydrogens is 314 g/mol. The fourth-order valence-electron chi connectivity index (χ4n) is 5.12. The second-order valence-corrected chi connectivity index (χ2v) is 7.82. The predicted octanol–water partition coefficient (Wildman–Crippen LogP) is 4.28. The molecule has 1 aromatic carbocycles. The van der Waals surface area contributed by atoms with Crippen molar-refractivity contribution in [2.75, 3.05) is 13.2 Å². The molecule has 1 spiro atoms. The van der Waals surface area contributed by atoms with Crippen molar-refractivity contribution in [3.63, 3.8) is 0 Å². The van der Waals surface area contributed by atoms with Crippen LogP contribution in [0.15, 0.2) is 34.9 Å². The van der Waals surface area contributed by atoms with Crippen molar-refractivity contribution < 1.29 is 13.9 Å². The van der Waals surface area contributed by atoms with Gasteiger partial charge in [0.15, 0.2) is 0 Å². The molecule has 3 aliphatic rings. The first kappa shape index (κ1) is 15.1. The molecule has 0 bridgehead atoms. The van der Waals surface area contributed by atoms with Crippen LogP contribution in [0.3, 0.4) is 0 Å². The molecule has 1 saturated heterocycles. The molecule has 0 N–H and O–H groups in total. The normalized spacial score (nSPS) is 23.4. The van der Waals surface area contributed by atoms with Crippen LogP contribution in [0.5, 0.6) is 5.75 Å². The molecule has 130 valence electrons. The topological polar surface area (TPSA) is 42.7 Å². The third kappa shape index (κ3) is 2.16. The largest absolute Gasteiger partial charge is 0.492 e. The molecule has 3 heterocycles. The Morgan fingerprint density at radius 1 is 1.28 bits per heavy atom. The zero-order valence-corrected chi connectivity index (χ0v) is 14.6. The first-order chi connectivity index (χ1) is 12.2. The van der Waals surface area contributed by atoms with Crippen molar-refractivity contribution in [3.8, 4) is 5.75 Å². The zero-order chi connectivity index (χ0) is 17.0. The average Bonchev–Trinajstić information content (AvgIpc) is 3.32. The number of fused-ring (bicyclic) bond motifs is 1. The highest BCUT2D eigenvalue weighted by Gasteiger charge is 2.57. The maximum absolute atomic E-state index is 13.4. The Morgan fingerprint density at radius 2 is 2.12 bits per heavy atom. The van der Waals surface area contributed by atoms with Crippen LogP contribution in [0.1, 0.15) is 59.0 Å². The minimum Gasteiger partial charge on any atom is -0.492 e. The van der Waals surface area contributed by atoms with E-state index in [2.05, 4.69) is 6.07 Å². The van der Waals surface area contributed by atoms with E-state index in [-0.39, 0.29) is 17.4 Å². The summed E-state index contributed by atoms with van der Waals surface area (Å²) < 4.78 is 11.5. The quantitative estimate of drug-likeness (QED) is 0.821. The van der Waals surface area contributed by atoms with E-state index >= 15 is 0 Å². The molecule has 2 aliphatic heterocycles. The van der Waals surface area contributed by atoms with E-state index in [9.17, 15) is 4.79 Å². The van der Waals surface area contributed by atoms with E-state index in [1.165, 1.54) is 25.7 Å². The molecule has 5 rings (SSSR count). The van der Waals surface area contributed by atoms with Crippen LogP contribution in [-0.4, -0.2) is 24.0 Å². The molecule has 1 atom stereocenters. The number of benzene rings is 1. The maximum atomic E-state index is 13.4. The number of furan rings is 1. The molecule has 1 saturated carbocycles. The Labute approximate surface area is 147 Å². The molecule has 1 aromatic heterocycles. The first-order valence-corrected chi connectivity index (χ1v) is 9.29. The lowest BCUT2D eigenvalue weighted by Gasteiger charge is -2.55. The molecule has 1 amide bonds. The summed E-state index contributed by atoms with van der Waals surface area (Å²) in [5.41, 5.74) is 3.21. The van der Waals surface area contributed by atoms with Gasteiger partial charge in [-0.3, -0.25) is 4.79 Å². The van der Waals surface area contributed by atoms with Gasteiger partial charge in [0.2, 0.25) is 0 Å². The summed E-state index contributed by atoms with van der Waals surface area (Å²) in [6, 6.07) is 8.12. The number of aryl methyl sites for hydroxylation is 1. The molecule has 2 fully saturated rings. The molecular formula is C21H23NO3. The number of carbonyl (C=O) groups excluding carboxylic acids is 1. The summed E-state index contributed by atoms with van der Waals surface area (Å²) in [5.74, 6) is 1.80. The Kier molecular flexibility index (Phi) is 3.24. The molecule has 25 heavy (non-hydrogen) atoms. The fourth-order valence-corrected chi connectivity index (χ4v) is 5.12. The van der Waals surface area contributed by atoms with Crippen LogP contribution in [0.4, 0.5) is 0 Å². The third-order valence-electron chi connectivity index (χ3n) is 6.21. The number of hydrogen-bond acceptors (Lipinski definition) is 3. The van der Waals surface area contributed by atoms with Gasteiger partial charge < -0.3 is 14.1 Å². The lowest BCUT2D eigenvalue weighted by Crippen LogP contribution is -2.59. The van der Waals surface area contributed by atoms with E-state index in [1.54, 1.807) is 6.26 Å². The van der Waals surface area contributed by atoms with Gasteiger partial charge in [0.25, 0.3) is 5.91 Å². The van der Waals surface area contributed by atoms with Crippen LogP contribution >= 0.6 is 0 Å². The average molecular weight is 337 g/mol. The van der Waals surface area contributed by atoms with Crippen molar-refractivity contribution in [1.29, 1.82) is 0 Å². The minimum absolute atomic E-state index is 0.0649. The van der Waals surface area contributed by atoms with Crippen molar-refractivity contribution in [2.24, 2.45) is 5.41 Å². The van der Waals surface area contributed by atoms with Crippen LogP contribution in [0.25, 0.3) is 0 Å². The second kappa shape index (κ2) is 5.38. The van der Waals surface area contributed by atoms with Gasteiger partial charge in [0, 0.05) is 18.4 Å². The number of likely N-dealkylation sites (tertiary alicyclic amines) is 1. The summed E-state index contributed by atoms with van der Waals surface area (Å²) in [4.78, 5) is 15.4. The van der Waals surface area contributed by atoms with Crippen LogP contribution in [0, 0.1) is 12.3 Å². The lowest BCUT2D eigenvalue weighted by atomic mass is 9.68. The highest BCUT2D eigenvalue weighted by Crippen LogP contribution is 2.58. The Bertz CT molecular complexity index is 818. The molecule has 4 heteroatoms. The maximum Gasteiger partial charge on any atom is 0.258 e. The van der Waals surface area contributed by atoms with E-state index in [4.69, 9.17) is 9.15 Å². The SMILES string of the molecule is Cc1cc2c(c(C(=O)N3CC4(CCCC4)C3c3ccco3)c1)OCC2. The lowest BCUT2D eigenvalue weighted by molar-refractivity contribution is -0.0605. The number of amides is 1. The van der Waals surface area contributed by atoms with E-state index in [1.807, 2.05) is 30.0 Å². The molecule has 4 nitrogen and oxygen atoms in total. The van der Waals surface area contributed by atoms with Gasteiger partial charge >= 0.3 is 0 Å². The van der Waals surface area contributed by atoms with E-state index in [0.717, 1.165) is 41.2 Å². The zero-order valence-electron chi connectivity index (χ0n) is 14.6. The van der Waals surface area contributed by atoms with Gasteiger partial charge in [-0.1, -0.05) is 18.9 Å². The predicted molar refractivity (Wildman–Crippen MR) is 93.8 cm³/mol. The summed E-state index contributed by atoms with van der Waals surface area (Å²) in [6.07, 6.45) is 7.48. The molecule has 1 unspecified atom stereocenters. The number of rotatable bonds is 2. The third-order valence-corrected chi connectivity index (χ3v) is 6.21. The first-order valence-electron chi connectivity index (χ1n) is 9.29. The van der Waals surface area contributed by atoms with Crippen LogP contribution < -0.4 is 4.74 Å². The number of hydrogen-bond donors (Lipinski definition) is 0. The highest BCUT2D eigenvalue weighted by atomic mass is 16.5. The smallest absolute Gasteiger partial charge is 0.258 e. The minimum atomic E-state index is 0.0649. The number of ether oxygens (including phenoxy) is 1. The summed E-state index contributed by atoms with van der Waals surface area (Å²) in [6.45, 7) is 3.55. The van der Waals surface area contributed by atoms with Gasteiger partial charge in [-0.2, -0.15) is 0 Å². The summed E-state index contributed by atoms with van der Waals surface area (Å²) in [7, 11) is 0. The van der Waals surface area contributed by atoms with Crippen molar-refractivity contribution in [2.45, 2.75) is 45.1 Å². The van der Waals surface area contributed by atoms with Gasteiger partial charge in [-0.05, 0) is 49.1 Å². The Morgan fingerprint density at radius 3 is 2.88 bits per heavy atom.